The normalized spacial score (nSPS) is 11.3. The van der Waals surface area contributed by atoms with E-state index in [0.29, 0.717) is 15.6 Å². The number of carbonyl (C=O) groups is 1. The first-order chi connectivity index (χ1) is 9.34. The highest BCUT2D eigenvalue weighted by Gasteiger charge is 2.14. The minimum atomic E-state index is -3.74. The molecule has 2 rings (SSSR count). The summed E-state index contributed by atoms with van der Waals surface area (Å²) in [6, 6.07) is 9.66. The molecule has 0 saturated heterocycles. The number of carbonyl (C=O) groups excluding carboxylic acids is 1. The van der Waals surface area contributed by atoms with E-state index in [1.807, 2.05) is 0 Å². The summed E-state index contributed by atoms with van der Waals surface area (Å²) in [5.41, 5.74) is 0.626. The fourth-order valence-electron chi connectivity index (χ4n) is 1.48. The van der Waals surface area contributed by atoms with Crippen molar-refractivity contribution in [3.63, 3.8) is 0 Å². The van der Waals surface area contributed by atoms with Crippen molar-refractivity contribution in [3.05, 3.63) is 46.3 Å². The van der Waals surface area contributed by atoms with E-state index in [2.05, 4.69) is 5.32 Å². The third kappa shape index (κ3) is 4.21. The third-order valence-electron chi connectivity index (χ3n) is 2.34. The fourth-order valence-corrected chi connectivity index (χ4v) is 3.73. The molecule has 0 aliphatic carbocycles. The van der Waals surface area contributed by atoms with Gasteiger partial charge in [0.15, 0.2) is 0 Å². The number of hydrogen-bond donors (Lipinski definition) is 1. The van der Waals surface area contributed by atoms with Gasteiger partial charge in [0.2, 0.25) is 5.91 Å². The van der Waals surface area contributed by atoms with Crippen molar-refractivity contribution in [1.82, 2.24) is 0 Å². The molecule has 2 aromatic rings. The summed E-state index contributed by atoms with van der Waals surface area (Å²) >= 11 is 6.72. The molecule has 4 nitrogen and oxygen atoms in total. The Morgan fingerprint density at radius 1 is 1.15 bits per heavy atom. The zero-order valence-corrected chi connectivity index (χ0v) is 13.1. The maximum absolute atomic E-state index is 11.8. The van der Waals surface area contributed by atoms with Crippen molar-refractivity contribution in [2.45, 2.75) is 10.6 Å². The highest BCUT2D eigenvalue weighted by molar-refractivity contribution is 8.15. The number of halogens is 2. The molecule has 0 fully saturated rings. The van der Waals surface area contributed by atoms with Crippen LogP contribution in [0.3, 0.4) is 0 Å². The van der Waals surface area contributed by atoms with Crippen LogP contribution in [0.1, 0.15) is 4.88 Å². The molecule has 0 atom stereocenters. The van der Waals surface area contributed by atoms with E-state index in [1.165, 1.54) is 6.07 Å². The van der Waals surface area contributed by atoms with Gasteiger partial charge in [-0.1, -0.05) is 11.6 Å². The first kappa shape index (κ1) is 15.3. The lowest BCUT2D eigenvalue weighted by atomic mass is 10.3. The van der Waals surface area contributed by atoms with Crippen LogP contribution >= 0.6 is 33.6 Å². The number of anilines is 1. The second-order valence-corrected chi connectivity index (χ2v) is 8.29. The molecule has 1 heterocycles. The molecule has 1 aromatic carbocycles. The molecule has 0 radical (unpaired) electrons. The average molecular weight is 350 g/mol. The van der Waals surface area contributed by atoms with E-state index < -0.39 is 9.05 Å². The van der Waals surface area contributed by atoms with Gasteiger partial charge in [0.1, 0.15) is 4.21 Å². The molecule has 8 heteroatoms. The second kappa shape index (κ2) is 6.13. The number of thiophene rings is 1. The Morgan fingerprint density at radius 3 is 2.35 bits per heavy atom. The lowest BCUT2D eigenvalue weighted by Gasteiger charge is -2.03. The lowest BCUT2D eigenvalue weighted by molar-refractivity contribution is -0.115. The topological polar surface area (TPSA) is 63.2 Å². The van der Waals surface area contributed by atoms with E-state index in [4.69, 9.17) is 22.3 Å². The van der Waals surface area contributed by atoms with Gasteiger partial charge >= 0.3 is 0 Å². The van der Waals surface area contributed by atoms with Gasteiger partial charge in [-0.25, -0.2) is 8.42 Å². The molecule has 0 unspecified atom stereocenters. The number of benzene rings is 1. The summed E-state index contributed by atoms with van der Waals surface area (Å²) in [4.78, 5) is 12.4. The van der Waals surface area contributed by atoms with Gasteiger partial charge < -0.3 is 5.32 Å². The highest BCUT2D eigenvalue weighted by atomic mass is 35.7. The summed E-state index contributed by atoms with van der Waals surface area (Å²) in [6.45, 7) is 0. The maximum Gasteiger partial charge on any atom is 0.270 e. The van der Waals surface area contributed by atoms with Crippen molar-refractivity contribution in [2.75, 3.05) is 5.32 Å². The van der Waals surface area contributed by atoms with Crippen molar-refractivity contribution < 1.29 is 13.2 Å². The van der Waals surface area contributed by atoms with E-state index in [-0.39, 0.29) is 16.5 Å². The Kier molecular flexibility index (Phi) is 4.70. The zero-order chi connectivity index (χ0) is 14.8. The molecule has 1 amide bonds. The monoisotopic (exact) mass is 349 g/mol. The molecular formula is C12H9Cl2NO3S2. The molecule has 1 aromatic heterocycles. The SMILES string of the molecule is O=C(Cc1ccc(S(=O)(=O)Cl)s1)Nc1ccc(Cl)cc1. The van der Waals surface area contributed by atoms with Crippen LogP contribution < -0.4 is 5.32 Å². The smallest absolute Gasteiger partial charge is 0.270 e. The summed E-state index contributed by atoms with van der Waals surface area (Å²) < 4.78 is 22.3. The Balaban J connectivity index is 2.01. The summed E-state index contributed by atoms with van der Waals surface area (Å²) in [7, 11) is 1.49. The second-order valence-electron chi connectivity index (χ2n) is 3.89. The maximum atomic E-state index is 11.8. The highest BCUT2D eigenvalue weighted by Crippen LogP contribution is 2.25. The minimum Gasteiger partial charge on any atom is -0.326 e. The first-order valence-corrected chi connectivity index (χ1v) is 8.94. The fraction of sp³-hybridized carbons (Fsp3) is 0.0833. The Hall–Kier alpha value is -1.08. The molecule has 106 valence electrons. The van der Waals surface area contributed by atoms with Crippen molar-refractivity contribution in [1.29, 1.82) is 0 Å². The quantitative estimate of drug-likeness (QED) is 0.859. The summed E-state index contributed by atoms with van der Waals surface area (Å²) in [5.74, 6) is -0.243. The van der Waals surface area contributed by atoms with Gasteiger partial charge in [-0.15, -0.1) is 11.3 Å². The Morgan fingerprint density at radius 2 is 1.80 bits per heavy atom. The van der Waals surface area contributed by atoms with Crippen LogP contribution in [0.5, 0.6) is 0 Å². The van der Waals surface area contributed by atoms with E-state index in [1.54, 1.807) is 30.3 Å². The number of nitrogens with one attached hydrogen (secondary N) is 1. The van der Waals surface area contributed by atoms with E-state index in [0.717, 1.165) is 11.3 Å². The van der Waals surface area contributed by atoms with Gasteiger partial charge in [0.25, 0.3) is 9.05 Å². The van der Waals surface area contributed by atoms with Crippen molar-refractivity contribution in [3.8, 4) is 0 Å². The van der Waals surface area contributed by atoms with Crippen molar-refractivity contribution in [2.24, 2.45) is 0 Å². The average Bonchev–Trinajstić information content (AvgIpc) is 2.80. The molecular weight excluding hydrogens is 341 g/mol. The molecule has 0 aliphatic heterocycles. The Bertz CT molecular complexity index is 723. The Labute approximate surface area is 129 Å². The summed E-state index contributed by atoms with van der Waals surface area (Å²) in [5, 5.41) is 3.27. The number of amides is 1. The zero-order valence-electron chi connectivity index (χ0n) is 9.97. The largest absolute Gasteiger partial charge is 0.326 e. The van der Waals surface area contributed by atoms with Crippen LogP contribution in [0.15, 0.2) is 40.6 Å². The predicted octanol–water partition coefficient (Wildman–Crippen LogP) is 3.51. The third-order valence-corrected chi connectivity index (χ3v) is 5.77. The standard InChI is InChI=1S/C12H9Cl2NO3S2/c13-8-1-3-9(4-2-8)15-11(16)7-10-5-6-12(19-10)20(14,17)18/h1-6H,7H2,(H,15,16). The molecule has 0 aliphatic rings. The van der Waals surface area contributed by atoms with Gasteiger partial charge in [0.05, 0.1) is 6.42 Å². The van der Waals surface area contributed by atoms with E-state index >= 15 is 0 Å². The van der Waals surface area contributed by atoms with Crippen LogP contribution in [0.25, 0.3) is 0 Å². The van der Waals surface area contributed by atoms with Gasteiger partial charge in [-0.3, -0.25) is 4.79 Å². The van der Waals surface area contributed by atoms with Crippen molar-refractivity contribution >= 4 is 54.3 Å². The van der Waals surface area contributed by atoms with Crippen LogP contribution in [-0.2, 0) is 20.3 Å². The van der Waals surface area contributed by atoms with Gasteiger partial charge in [-0.2, -0.15) is 0 Å². The summed E-state index contributed by atoms with van der Waals surface area (Å²) in [6.07, 6.45) is 0.0830. The minimum absolute atomic E-state index is 0.0356. The van der Waals surface area contributed by atoms with E-state index in [9.17, 15) is 13.2 Å². The molecule has 0 saturated carbocycles. The van der Waals surface area contributed by atoms with Gasteiger partial charge in [0, 0.05) is 26.3 Å². The lowest BCUT2D eigenvalue weighted by Crippen LogP contribution is -2.13. The van der Waals surface area contributed by atoms with Gasteiger partial charge in [-0.05, 0) is 36.4 Å². The predicted molar refractivity (Wildman–Crippen MR) is 81.1 cm³/mol. The molecule has 20 heavy (non-hydrogen) atoms. The van der Waals surface area contributed by atoms with Crippen LogP contribution in [0.2, 0.25) is 5.02 Å². The van der Waals surface area contributed by atoms with Crippen LogP contribution in [-0.4, -0.2) is 14.3 Å². The number of rotatable bonds is 4. The molecule has 1 N–H and O–H groups in total. The molecule has 0 spiro atoms. The first-order valence-electron chi connectivity index (χ1n) is 5.43. The van der Waals surface area contributed by atoms with Crippen LogP contribution in [0, 0.1) is 0 Å². The molecule has 0 bridgehead atoms. The number of hydrogen-bond acceptors (Lipinski definition) is 4. The van der Waals surface area contributed by atoms with Crippen LogP contribution in [0.4, 0.5) is 5.69 Å².